The van der Waals surface area contributed by atoms with Gasteiger partial charge in [0.25, 0.3) is 11.5 Å². The van der Waals surface area contributed by atoms with E-state index in [1.54, 1.807) is 56.3 Å². The summed E-state index contributed by atoms with van der Waals surface area (Å²) in [6.07, 6.45) is 0.904. The van der Waals surface area contributed by atoms with Crippen molar-refractivity contribution in [3.63, 3.8) is 0 Å². The van der Waals surface area contributed by atoms with Gasteiger partial charge in [0, 0.05) is 29.0 Å². The predicted octanol–water partition coefficient (Wildman–Crippen LogP) is 1.05. The number of nitrogens with one attached hydrogen (secondary N) is 5. The fraction of sp³-hybridized carbons (Fsp3) is 0.348. The molecular weight excluding hydrogens is 860 g/mol. The van der Waals surface area contributed by atoms with E-state index in [9.17, 15) is 38.7 Å². The van der Waals surface area contributed by atoms with Gasteiger partial charge in [-0.05, 0) is 66.6 Å². The van der Waals surface area contributed by atoms with Gasteiger partial charge < -0.3 is 55.9 Å². The average molecular weight is 907 g/mol. The second kappa shape index (κ2) is 18.7. The SMILES string of the molecule is CC[C@@]1(O)C(=O)OCc2c1cc1n(c2=O)Cc2c-1nc1cc(F)c(C)c3c1c2[C@@H](NC(=O)c1ccc(COCNC(=O)CNC(=O)[C@H](Cc2ccccc2)NC(=O)CNC(=O)CN)o1)CC3. The van der Waals surface area contributed by atoms with Crippen molar-refractivity contribution in [3.05, 3.63) is 121 Å². The van der Waals surface area contributed by atoms with Gasteiger partial charge in [0.05, 0.1) is 54.7 Å². The Hall–Kier alpha value is -7.29. The lowest BCUT2D eigenvalue weighted by atomic mass is 9.81. The highest BCUT2D eigenvalue weighted by atomic mass is 19.1. The number of benzene rings is 2. The maximum absolute atomic E-state index is 15.4. The summed E-state index contributed by atoms with van der Waals surface area (Å²) in [6, 6.07) is 13.2. The molecule has 66 heavy (non-hydrogen) atoms. The molecule has 0 bridgehead atoms. The number of nitrogens with zero attached hydrogens (tertiary/aromatic N) is 2. The third kappa shape index (κ3) is 8.76. The van der Waals surface area contributed by atoms with E-state index in [1.807, 2.05) is 0 Å². The van der Waals surface area contributed by atoms with Crippen LogP contribution in [0, 0.1) is 12.7 Å². The monoisotopic (exact) mass is 906 g/mol. The van der Waals surface area contributed by atoms with E-state index in [0.29, 0.717) is 51.8 Å². The first-order chi connectivity index (χ1) is 31.7. The molecule has 0 unspecified atom stereocenters. The van der Waals surface area contributed by atoms with Crippen LogP contribution in [0.4, 0.5) is 4.39 Å². The van der Waals surface area contributed by atoms with E-state index in [4.69, 9.17) is 24.6 Å². The summed E-state index contributed by atoms with van der Waals surface area (Å²) in [5.41, 5.74) is 7.42. The minimum atomic E-state index is -2.03. The standard InChI is InChI=1S/C46H47FN8O11/c1-3-46(63)29-14-34-41-27(19-55(34)44(61)28(29)21-65-45(46)62)40-31(11-10-26-23(2)30(47)15-32(53-41)39(26)40)54-43(60)35-12-9-25(66-35)20-64-22-51-37(57)17-50-42(59)33(13-24-7-5-4-6-8-24)52-38(58)18-49-36(56)16-48/h4-9,12,14-15,31,33,63H,3,10-11,13,16-22,48H2,1-2H3,(H,49,56)(H,50,59)(H,51,57)(H,52,58)(H,54,60)/t31-,33-,46-/m0/s1. The number of amides is 5. The van der Waals surface area contributed by atoms with Gasteiger partial charge in [-0.25, -0.2) is 14.2 Å². The highest BCUT2D eigenvalue weighted by Gasteiger charge is 2.46. The lowest BCUT2D eigenvalue weighted by Crippen LogP contribution is -2.52. The summed E-state index contributed by atoms with van der Waals surface area (Å²) in [4.78, 5) is 94.9. The minimum absolute atomic E-state index is 0.0296. The van der Waals surface area contributed by atoms with Crippen LogP contribution in [-0.4, -0.2) is 82.6 Å². The highest BCUT2D eigenvalue weighted by Crippen LogP contribution is 2.46. The maximum Gasteiger partial charge on any atom is 0.343 e. The van der Waals surface area contributed by atoms with Crippen LogP contribution in [0.1, 0.15) is 81.1 Å². The van der Waals surface area contributed by atoms with E-state index in [-0.39, 0.29) is 75.1 Å². The first-order valence-corrected chi connectivity index (χ1v) is 21.3. The molecule has 0 saturated carbocycles. The molecular formula is C46H47FN8O11. The van der Waals surface area contributed by atoms with Crippen LogP contribution in [0.2, 0.25) is 0 Å². The number of rotatable bonds is 16. The van der Waals surface area contributed by atoms with Gasteiger partial charge in [-0.3, -0.25) is 28.8 Å². The molecule has 5 heterocycles. The summed E-state index contributed by atoms with van der Waals surface area (Å²) in [7, 11) is 0. The number of ether oxygens (including phenoxy) is 2. The smallest absolute Gasteiger partial charge is 0.343 e. The number of fused-ring (bicyclic) bond motifs is 5. The molecule has 8 rings (SSSR count). The Morgan fingerprint density at radius 2 is 1.77 bits per heavy atom. The van der Waals surface area contributed by atoms with E-state index < -0.39 is 71.1 Å². The molecule has 1 aliphatic carbocycles. The van der Waals surface area contributed by atoms with Crippen molar-refractivity contribution in [3.8, 4) is 11.4 Å². The zero-order chi connectivity index (χ0) is 46.9. The first-order valence-electron chi connectivity index (χ1n) is 21.3. The number of cyclic esters (lactones) is 1. The first kappa shape index (κ1) is 45.3. The third-order valence-corrected chi connectivity index (χ3v) is 12.2. The number of furan rings is 1. The van der Waals surface area contributed by atoms with E-state index in [2.05, 4.69) is 26.6 Å². The third-order valence-electron chi connectivity index (χ3n) is 12.2. The second-order valence-corrected chi connectivity index (χ2v) is 16.2. The van der Waals surface area contributed by atoms with Crippen molar-refractivity contribution in [1.29, 1.82) is 0 Å². The maximum atomic E-state index is 15.4. The molecule has 3 aromatic heterocycles. The Kier molecular flexibility index (Phi) is 12.8. The van der Waals surface area contributed by atoms with Gasteiger partial charge in [0.15, 0.2) is 11.4 Å². The molecule has 20 heteroatoms. The second-order valence-electron chi connectivity index (χ2n) is 16.2. The van der Waals surface area contributed by atoms with Crippen molar-refractivity contribution in [1.82, 2.24) is 36.1 Å². The topological polar surface area (TPSA) is 275 Å². The highest BCUT2D eigenvalue weighted by molar-refractivity contribution is 5.96. The number of nitrogens with two attached hydrogens (primary N) is 1. The Balaban J connectivity index is 0.905. The number of carbonyl (C=O) groups is 6. The molecule has 0 saturated heterocycles. The van der Waals surface area contributed by atoms with Gasteiger partial charge in [-0.2, -0.15) is 0 Å². The molecule has 0 spiro atoms. The quantitative estimate of drug-likeness (QED) is 0.0407. The van der Waals surface area contributed by atoms with Gasteiger partial charge >= 0.3 is 5.97 Å². The lowest BCUT2D eigenvalue weighted by Gasteiger charge is -2.31. The van der Waals surface area contributed by atoms with E-state index >= 15 is 4.39 Å². The van der Waals surface area contributed by atoms with Crippen molar-refractivity contribution in [2.75, 3.05) is 26.4 Å². The Bertz CT molecular complexity index is 2860. The zero-order valence-corrected chi connectivity index (χ0v) is 36.0. The zero-order valence-electron chi connectivity index (χ0n) is 36.0. The minimum Gasteiger partial charge on any atom is -0.458 e. The van der Waals surface area contributed by atoms with E-state index in [0.717, 1.165) is 11.1 Å². The van der Waals surface area contributed by atoms with Crippen molar-refractivity contribution >= 4 is 46.4 Å². The summed E-state index contributed by atoms with van der Waals surface area (Å²) < 4.78 is 33.4. The van der Waals surface area contributed by atoms with Crippen LogP contribution in [0.3, 0.4) is 0 Å². The summed E-state index contributed by atoms with van der Waals surface area (Å²) in [6.45, 7) is 1.54. The molecule has 19 nitrogen and oxygen atoms in total. The predicted molar refractivity (Wildman–Crippen MR) is 231 cm³/mol. The van der Waals surface area contributed by atoms with Crippen molar-refractivity contribution in [2.45, 2.75) is 77.0 Å². The Labute approximate surface area is 375 Å². The number of hydrogen-bond acceptors (Lipinski definition) is 13. The Morgan fingerprint density at radius 3 is 2.53 bits per heavy atom. The van der Waals surface area contributed by atoms with Crippen LogP contribution >= 0.6 is 0 Å². The molecule has 3 aliphatic rings. The molecule has 2 aliphatic heterocycles. The Morgan fingerprint density at radius 1 is 1.00 bits per heavy atom. The average Bonchev–Trinajstić information content (AvgIpc) is 3.95. The van der Waals surface area contributed by atoms with Crippen LogP contribution in [0.15, 0.2) is 63.8 Å². The largest absolute Gasteiger partial charge is 0.458 e. The van der Waals surface area contributed by atoms with Crippen LogP contribution < -0.4 is 37.9 Å². The molecule has 5 amide bonds. The number of aromatic nitrogens is 2. The van der Waals surface area contributed by atoms with Crippen molar-refractivity contribution < 1.29 is 52.2 Å². The number of carbonyl (C=O) groups excluding carboxylic acids is 6. The molecule has 0 radical (unpaired) electrons. The van der Waals surface area contributed by atoms with E-state index in [1.165, 1.54) is 16.7 Å². The van der Waals surface area contributed by atoms with Crippen LogP contribution in [0.25, 0.3) is 22.3 Å². The normalized spacial score (nSPS) is 17.2. The van der Waals surface area contributed by atoms with Gasteiger partial charge in [0.1, 0.15) is 37.6 Å². The molecule has 3 atom stereocenters. The molecule has 2 aromatic carbocycles. The summed E-state index contributed by atoms with van der Waals surface area (Å²) >= 11 is 0. The number of aryl methyl sites for hydroxylation is 1. The van der Waals surface area contributed by atoms with Crippen molar-refractivity contribution in [2.24, 2.45) is 5.73 Å². The fourth-order valence-electron chi connectivity index (χ4n) is 8.70. The molecule has 8 N–H and O–H groups in total. The fourth-order valence-corrected chi connectivity index (χ4v) is 8.70. The number of pyridine rings is 2. The number of halogens is 1. The summed E-state index contributed by atoms with van der Waals surface area (Å²) in [5, 5.41) is 25.0. The molecule has 5 aromatic rings. The summed E-state index contributed by atoms with van der Waals surface area (Å²) in [5.74, 6) is -4.00. The number of esters is 1. The molecule has 0 fully saturated rings. The van der Waals surface area contributed by atoms with Gasteiger partial charge in [-0.15, -0.1) is 0 Å². The van der Waals surface area contributed by atoms with Gasteiger partial charge in [0.2, 0.25) is 23.6 Å². The van der Waals surface area contributed by atoms with Crippen LogP contribution in [-0.2, 0) is 71.6 Å². The number of aliphatic hydroxyl groups is 1. The molecule has 344 valence electrons. The van der Waals surface area contributed by atoms with Crippen LogP contribution in [0.5, 0.6) is 0 Å². The number of hydrogen-bond donors (Lipinski definition) is 7. The lowest BCUT2D eigenvalue weighted by molar-refractivity contribution is -0.172. The van der Waals surface area contributed by atoms with Gasteiger partial charge in [-0.1, -0.05) is 37.3 Å².